The maximum Gasteiger partial charge on any atom is 0.272 e. The van der Waals surface area contributed by atoms with Gasteiger partial charge in [-0.25, -0.2) is 0 Å². The Bertz CT molecular complexity index is 1050. The van der Waals surface area contributed by atoms with Crippen LogP contribution in [-0.2, 0) is 13.1 Å². The molecule has 3 heterocycles. The van der Waals surface area contributed by atoms with Crippen LogP contribution in [0.2, 0.25) is 0 Å². The average Bonchev–Trinajstić information content (AvgIpc) is 3.44. The van der Waals surface area contributed by atoms with Gasteiger partial charge >= 0.3 is 0 Å². The number of thiophene rings is 1. The van der Waals surface area contributed by atoms with E-state index in [1.54, 1.807) is 29.2 Å². The normalized spacial score (nSPS) is 14.7. The van der Waals surface area contributed by atoms with E-state index in [1.807, 2.05) is 18.0 Å². The molecule has 1 unspecified atom stereocenters. The third-order valence-corrected chi connectivity index (χ3v) is 6.71. The van der Waals surface area contributed by atoms with E-state index in [4.69, 9.17) is 9.47 Å². The molecule has 2 aromatic heterocycles. The summed E-state index contributed by atoms with van der Waals surface area (Å²) in [6.45, 7) is 4.94. The van der Waals surface area contributed by atoms with Crippen LogP contribution in [0.25, 0.3) is 0 Å². The predicted molar refractivity (Wildman–Crippen MR) is 126 cm³/mol. The zero-order valence-electron chi connectivity index (χ0n) is 18.8. The minimum absolute atomic E-state index is 0.0112. The van der Waals surface area contributed by atoms with Crippen LogP contribution < -0.4 is 14.8 Å². The van der Waals surface area contributed by atoms with Gasteiger partial charge in [0, 0.05) is 37.0 Å². The lowest BCUT2D eigenvalue weighted by molar-refractivity contribution is 0.0745. The monoisotopic (exact) mass is 454 g/mol. The number of amides is 1. The number of nitrogens with one attached hydrogen (secondary N) is 1. The molecule has 4 rings (SSSR count). The van der Waals surface area contributed by atoms with Crippen molar-refractivity contribution in [3.05, 3.63) is 63.5 Å². The van der Waals surface area contributed by atoms with Gasteiger partial charge in [-0.05, 0) is 61.6 Å². The van der Waals surface area contributed by atoms with E-state index in [1.165, 1.54) is 4.88 Å². The fourth-order valence-electron chi connectivity index (χ4n) is 3.96. The fourth-order valence-corrected chi connectivity index (χ4v) is 4.75. The average molecular weight is 455 g/mol. The molecule has 8 heteroatoms. The number of aromatic nitrogens is 2. The molecule has 1 N–H and O–H groups in total. The van der Waals surface area contributed by atoms with Crippen LogP contribution in [0.5, 0.6) is 11.6 Å². The molecule has 0 fully saturated rings. The lowest BCUT2D eigenvalue weighted by Gasteiger charge is -2.22. The number of carbonyl (C=O) groups excluding carboxylic acids is 1. The summed E-state index contributed by atoms with van der Waals surface area (Å²) in [5, 5.41) is 9.64. The maximum absolute atomic E-state index is 13.1. The zero-order valence-corrected chi connectivity index (χ0v) is 19.7. The highest BCUT2D eigenvalue weighted by molar-refractivity contribution is 7.10. The highest BCUT2D eigenvalue weighted by Crippen LogP contribution is 2.29. The number of rotatable bonds is 9. The Morgan fingerprint density at radius 2 is 2.12 bits per heavy atom. The second kappa shape index (κ2) is 10.2. The summed E-state index contributed by atoms with van der Waals surface area (Å²) in [6.07, 6.45) is 1.78. The minimum Gasteiger partial charge on any atom is -0.485 e. The van der Waals surface area contributed by atoms with Crippen molar-refractivity contribution >= 4 is 17.2 Å². The van der Waals surface area contributed by atoms with Crippen LogP contribution in [0.1, 0.15) is 45.4 Å². The first-order valence-corrected chi connectivity index (χ1v) is 11.8. The van der Waals surface area contributed by atoms with Gasteiger partial charge in [0.25, 0.3) is 5.91 Å². The van der Waals surface area contributed by atoms with Crippen LogP contribution in [-0.4, -0.2) is 47.8 Å². The van der Waals surface area contributed by atoms with Crippen LogP contribution in [0, 0.1) is 6.92 Å². The number of aryl methyl sites for hydroxylation is 2. The number of fused-ring (bicyclic) bond motifs is 1. The van der Waals surface area contributed by atoms with E-state index in [9.17, 15) is 4.79 Å². The Morgan fingerprint density at radius 3 is 2.84 bits per heavy atom. The Balaban J connectivity index is 1.47. The van der Waals surface area contributed by atoms with E-state index in [0.717, 1.165) is 36.3 Å². The standard InChI is InChI=1S/C24H30N4O3S/c1-17-14-19(31-21(9-10-25-2)22-6-4-13-32-22)8-7-18(17)16-27-11-5-12-28-20(24(27)29)15-23(26-28)30-3/h4,6-8,13-15,21,25H,5,9-12,16H2,1-3H3. The van der Waals surface area contributed by atoms with Gasteiger partial charge in [-0.1, -0.05) is 12.1 Å². The number of nitrogens with zero attached hydrogens (tertiary/aromatic N) is 3. The Hall–Kier alpha value is -2.84. The van der Waals surface area contributed by atoms with Gasteiger partial charge in [-0.15, -0.1) is 16.4 Å². The van der Waals surface area contributed by atoms with Crippen molar-refractivity contribution in [3.63, 3.8) is 0 Å². The number of carbonyl (C=O) groups is 1. The number of methoxy groups -OCH3 is 1. The molecule has 0 saturated heterocycles. The molecule has 1 atom stereocenters. The SMILES string of the molecule is CNCCC(Oc1ccc(CN2CCCn3nc(OC)cc3C2=O)c(C)c1)c1cccs1. The molecule has 0 saturated carbocycles. The van der Waals surface area contributed by atoms with Gasteiger partial charge in [0.15, 0.2) is 0 Å². The van der Waals surface area contributed by atoms with Crippen LogP contribution in [0.4, 0.5) is 0 Å². The van der Waals surface area contributed by atoms with Crippen molar-refractivity contribution in [2.24, 2.45) is 0 Å². The largest absolute Gasteiger partial charge is 0.485 e. The van der Waals surface area contributed by atoms with Crippen LogP contribution in [0.3, 0.4) is 0 Å². The second-order valence-corrected chi connectivity index (χ2v) is 8.96. The number of ether oxygens (including phenoxy) is 2. The van der Waals surface area contributed by atoms with Crippen molar-refractivity contribution in [2.75, 3.05) is 27.2 Å². The van der Waals surface area contributed by atoms with E-state index < -0.39 is 0 Å². The van der Waals surface area contributed by atoms with E-state index in [2.05, 4.69) is 47.0 Å². The van der Waals surface area contributed by atoms with Gasteiger partial charge in [0.1, 0.15) is 17.5 Å². The van der Waals surface area contributed by atoms with E-state index in [-0.39, 0.29) is 12.0 Å². The Labute approximate surface area is 193 Å². The summed E-state index contributed by atoms with van der Waals surface area (Å²) in [6, 6.07) is 12.1. The summed E-state index contributed by atoms with van der Waals surface area (Å²) >= 11 is 1.72. The van der Waals surface area contributed by atoms with Gasteiger partial charge < -0.3 is 19.7 Å². The Morgan fingerprint density at radius 1 is 1.25 bits per heavy atom. The number of hydrogen-bond donors (Lipinski definition) is 1. The van der Waals surface area contributed by atoms with Crippen LogP contribution in [0.15, 0.2) is 41.8 Å². The maximum atomic E-state index is 13.1. The van der Waals surface area contributed by atoms with E-state index in [0.29, 0.717) is 31.2 Å². The molecule has 1 amide bonds. The summed E-state index contributed by atoms with van der Waals surface area (Å²) in [5.41, 5.74) is 2.82. The molecule has 170 valence electrons. The molecule has 0 spiro atoms. The smallest absolute Gasteiger partial charge is 0.272 e. The molecule has 1 aliphatic heterocycles. The summed E-state index contributed by atoms with van der Waals surface area (Å²) < 4.78 is 13.3. The minimum atomic E-state index is -0.0112. The molecule has 3 aromatic rings. The number of hydrogen-bond acceptors (Lipinski definition) is 6. The highest BCUT2D eigenvalue weighted by atomic mass is 32.1. The van der Waals surface area contributed by atoms with Crippen molar-refractivity contribution < 1.29 is 14.3 Å². The van der Waals surface area contributed by atoms with Crippen molar-refractivity contribution in [2.45, 2.75) is 39.0 Å². The lowest BCUT2D eigenvalue weighted by atomic mass is 10.1. The number of benzene rings is 1. The van der Waals surface area contributed by atoms with Crippen molar-refractivity contribution in [3.8, 4) is 11.6 Å². The Kier molecular flexibility index (Phi) is 7.12. The first-order valence-electron chi connectivity index (χ1n) is 10.9. The van der Waals surface area contributed by atoms with Gasteiger partial charge in [-0.3, -0.25) is 9.48 Å². The van der Waals surface area contributed by atoms with Gasteiger partial charge in [0.05, 0.1) is 7.11 Å². The first-order chi connectivity index (χ1) is 15.6. The lowest BCUT2D eigenvalue weighted by Crippen LogP contribution is -2.30. The third-order valence-electron chi connectivity index (χ3n) is 5.74. The zero-order chi connectivity index (χ0) is 22.5. The molecule has 0 aliphatic carbocycles. The first kappa shape index (κ1) is 22.4. The van der Waals surface area contributed by atoms with Crippen molar-refractivity contribution in [1.82, 2.24) is 20.0 Å². The molecular formula is C24H30N4O3S. The van der Waals surface area contributed by atoms with Crippen LogP contribution >= 0.6 is 11.3 Å². The van der Waals surface area contributed by atoms with Crippen molar-refractivity contribution in [1.29, 1.82) is 0 Å². The predicted octanol–water partition coefficient (Wildman–Crippen LogP) is 4.04. The summed E-state index contributed by atoms with van der Waals surface area (Å²) in [7, 11) is 3.52. The second-order valence-electron chi connectivity index (χ2n) is 7.98. The molecule has 0 radical (unpaired) electrons. The quantitative estimate of drug-likeness (QED) is 0.529. The fraction of sp³-hybridized carbons (Fsp3) is 0.417. The molecular weight excluding hydrogens is 424 g/mol. The molecule has 32 heavy (non-hydrogen) atoms. The molecule has 1 aromatic carbocycles. The molecule has 0 bridgehead atoms. The summed E-state index contributed by atoms with van der Waals surface area (Å²) in [4.78, 5) is 16.2. The third kappa shape index (κ3) is 4.97. The van der Waals surface area contributed by atoms with E-state index >= 15 is 0 Å². The highest BCUT2D eigenvalue weighted by Gasteiger charge is 2.25. The van der Waals surface area contributed by atoms with Gasteiger partial charge in [-0.2, -0.15) is 0 Å². The summed E-state index contributed by atoms with van der Waals surface area (Å²) in [5.74, 6) is 1.32. The topological polar surface area (TPSA) is 68.6 Å². The molecule has 1 aliphatic rings. The molecule has 7 nitrogen and oxygen atoms in total. The van der Waals surface area contributed by atoms with Gasteiger partial charge in [0.2, 0.25) is 5.88 Å².